The minimum atomic E-state index is -3.54. The van der Waals surface area contributed by atoms with E-state index in [4.69, 9.17) is 4.74 Å². The van der Waals surface area contributed by atoms with Crippen molar-refractivity contribution in [3.8, 4) is 0 Å². The maximum absolute atomic E-state index is 12.8. The topological polar surface area (TPSA) is 71.5 Å². The van der Waals surface area contributed by atoms with E-state index in [0.29, 0.717) is 38.5 Å². The van der Waals surface area contributed by atoms with Gasteiger partial charge < -0.3 is 10.1 Å². The molecule has 0 radical (unpaired) electrons. The van der Waals surface area contributed by atoms with Crippen LogP contribution in [0.1, 0.15) is 20.3 Å². The number of pyridine rings is 1. The standard InChI is InChI=1S/C13H21N3O3S/c1-3-14-13-12(6-4-7-15-13)20(17,18)16-8-5-9-19-11(2)10-16/h4,6-7,11H,3,5,8-10H2,1-2H3,(H,14,15). The Bertz CT molecular complexity index is 548. The zero-order chi connectivity index (χ0) is 14.6. The Morgan fingerprint density at radius 3 is 3.10 bits per heavy atom. The SMILES string of the molecule is CCNc1ncccc1S(=O)(=O)N1CCCOC(C)C1. The molecule has 2 heterocycles. The summed E-state index contributed by atoms with van der Waals surface area (Å²) >= 11 is 0. The predicted molar refractivity (Wildman–Crippen MR) is 77.2 cm³/mol. The van der Waals surface area contributed by atoms with Gasteiger partial charge in [-0.1, -0.05) is 0 Å². The van der Waals surface area contributed by atoms with Crippen molar-refractivity contribution >= 4 is 15.8 Å². The first kappa shape index (κ1) is 15.2. The van der Waals surface area contributed by atoms with E-state index in [9.17, 15) is 8.42 Å². The Balaban J connectivity index is 2.34. The number of nitrogens with zero attached hydrogens (tertiary/aromatic N) is 2. The van der Waals surface area contributed by atoms with E-state index in [1.54, 1.807) is 18.3 Å². The molecular weight excluding hydrogens is 278 g/mol. The first-order valence-corrected chi connectivity index (χ1v) is 8.30. The molecule has 0 aromatic carbocycles. The third kappa shape index (κ3) is 3.28. The smallest absolute Gasteiger partial charge is 0.246 e. The molecule has 1 aliphatic heterocycles. The Morgan fingerprint density at radius 1 is 1.55 bits per heavy atom. The fourth-order valence-corrected chi connectivity index (χ4v) is 3.89. The quantitative estimate of drug-likeness (QED) is 0.907. The maximum Gasteiger partial charge on any atom is 0.246 e. The molecule has 112 valence electrons. The van der Waals surface area contributed by atoms with Crippen molar-refractivity contribution < 1.29 is 13.2 Å². The van der Waals surface area contributed by atoms with Gasteiger partial charge in [0.15, 0.2) is 0 Å². The van der Waals surface area contributed by atoms with Gasteiger partial charge in [-0.2, -0.15) is 4.31 Å². The van der Waals surface area contributed by atoms with E-state index >= 15 is 0 Å². The van der Waals surface area contributed by atoms with E-state index in [2.05, 4.69) is 10.3 Å². The molecule has 1 N–H and O–H groups in total. The van der Waals surface area contributed by atoms with Crippen molar-refractivity contribution in [2.24, 2.45) is 0 Å². The summed E-state index contributed by atoms with van der Waals surface area (Å²) in [5.41, 5.74) is 0. The van der Waals surface area contributed by atoms with Crippen molar-refractivity contribution in [2.45, 2.75) is 31.3 Å². The average Bonchev–Trinajstić information content (AvgIpc) is 2.65. The average molecular weight is 299 g/mol. The number of hydrogen-bond donors (Lipinski definition) is 1. The van der Waals surface area contributed by atoms with Gasteiger partial charge in [-0.05, 0) is 32.4 Å². The zero-order valence-electron chi connectivity index (χ0n) is 11.9. The Morgan fingerprint density at radius 2 is 2.35 bits per heavy atom. The van der Waals surface area contributed by atoms with Crippen LogP contribution < -0.4 is 5.32 Å². The Hall–Kier alpha value is -1.18. The van der Waals surface area contributed by atoms with E-state index in [1.165, 1.54) is 4.31 Å². The van der Waals surface area contributed by atoms with E-state index in [0.717, 1.165) is 0 Å². The van der Waals surface area contributed by atoms with Crippen LogP contribution in [0, 0.1) is 0 Å². The summed E-state index contributed by atoms with van der Waals surface area (Å²) in [6.45, 7) is 5.88. The molecule has 1 unspecified atom stereocenters. The molecule has 0 aliphatic carbocycles. The van der Waals surface area contributed by atoms with Crippen LogP contribution >= 0.6 is 0 Å². The van der Waals surface area contributed by atoms with Gasteiger partial charge in [-0.3, -0.25) is 0 Å². The second-order valence-corrected chi connectivity index (χ2v) is 6.68. The highest BCUT2D eigenvalue weighted by molar-refractivity contribution is 7.89. The number of nitrogens with one attached hydrogen (secondary N) is 1. The Kier molecular flexibility index (Phi) is 4.95. The van der Waals surface area contributed by atoms with Crippen LogP contribution in [-0.2, 0) is 14.8 Å². The molecule has 20 heavy (non-hydrogen) atoms. The van der Waals surface area contributed by atoms with Gasteiger partial charge in [-0.25, -0.2) is 13.4 Å². The van der Waals surface area contributed by atoms with Crippen LogP contribution in [-0.4, -0.2) is 50.1 Å². The molecule has 1 saturated heterocycles. The summed E-state index contributed by atoms with van der Waals surface area (Å²) in [6.07, 6.45) is 2.21. The van der Waals surface area contributed by atoms with Crippen molar-refractivity contribution in [2.75, 3.05) is 31.6 Å². The summed E-state index contributed by atoms with van der Waals surface area (Å²) < 4.78 is 32.5. The van der Waals surface area contributed by atoms with Crippen LogP contribution in [0.15, 0.2) is 23.2 Å². The lowest BCUT2D eigenvalue weighted by Gasteiger charge is -2.22. The van der Waals surface area contributed by atoms with Gasteiger partial charge in [0, 0.05) is 32.4 Å². The lowest BCUT2D eigenvalue weighted by molar-refractivity contribution is 0.0752. The third-order valence-electron chi connectivity index (χ3n) is 3.15. The van der Waals surface area contributed by atoms with Gasteiger partial charge in [0.1, 0.15) is 10.7 Å². The third-order valence-corrected chi connectivity index (χ3v) is 5.04. The molecule has 0 amide bonds. The fraction of sp³-hybridized carbons (Fsp3) is 0.615. The van der Waals surface area contributed by atoms with Crippen molar-refractivity contribution in [3.05, 3.63) is 18.3 Å². The maximum atomic E-state index is 12.8. The molecule has 6 nitrogen and oxygen atoms in total. The lowest BCUT2D eigenvalue weighted by Crippen LogP contribution is -2.36. The largest absolute Gasteiger partial charge is 0.377 e. The molecule has 1 aromatic heterocycles. The van der Waals surface area contributed by atoms with Crippen LogP contribution in [0.25, 0.3) is 0 Å². The molecule has 0 bridgehead atoms. The van der Waals surface area contributed by atoms with E-state index in [-0.39, 0.29) is 11.0 Å². The molecule has 1 aliphatic rings. The highest BCUT2D eigenvalue weighted by Crippen LogP contribution is 2.24. The minimum absolute atomic E-state index is 0.0912. The highest BCUT2D eigenvalue weighted by Gasteiger charge is 2.30. The van der Waals surface area contributed by atoms with Crippen LogP contribution in [0.3, 0.4) is 0 Å². The van der Waals surface area contributed by atoms with Gasteiger partial charge >= 0.3 is 0 Å². The summed E-state index contributed by atoms with van der Waals surface area (Å²) in [4.78, 5) is 4.36. The first-order valence-electron chi connectivity index (χ1n) is 6.86. The molecular formula is C13H21N3O3S. The predicted octanol–water partition coefficient (Wildman–Crippen LogP) is 1.31. The molecule has 2 rings (SSSR count). The van der Waals surface area contributed by atoms with Gasteiger partial charge in [0.05, 0.1) is 6.10 Å². The molecule has 1 atom stereocenters. The molecule has 1 fully saturated rings. The van der Waals surface area contributed by atoms with E-state index < -0.39 is 10.0 Å². The fourth-order valence-electron chi connectivity index (χ4n) is 2.21. The summed E-state index contributed by atoms with van der Waals surface area (Å²) in [5.74, 6) is 0.410. The number of hydrogen-bond acceptors (Lipinski definition) is 5. The second kappa shape index (κ2) is 6.51. The summed E-state index contributed by atoms with van der Waals surface area (Å²) in [5, 5.41) is 3.00. The summed E-state index contributed by atoms with van der Waals surface area (Å²) in [6, 6.07) is 3.24. The Labute approximate surface area is 120 Å². The number of sulfonamides is 1. The number of anilines is 1. The number of rotatable bonds is 4. The van der Waals surface area contributed by atoms with Crippen LogP contribution in [0.5, 0.6) is 0 Å². The second-order valence-electron chi connectivity index (χ2n) is 4.78. The van der Waals surface area contributed by atoms with Crippen molar-refractivity contribution in [1.82, 2.24) is 9.29 Å². The number of aromatic nitrogens is 1. The molecule has 7 heteroatoms. The summed E-state index contributed by atoms with van der Waals surface area (Å²) in [7, 11) is -3.54. The lowest BCUT2D eigenvalue weighted by atomic mass is 10.4. The van der Waals surface area contributed by atoms with Crippen molar-refractivity contribution in [1.29, 1.82) is 0 Å². The van der Waals surface area contributed by atoms with Crippen molar-refractivity contribution in [3.63, 3.8) is 0 Å². The van der Waals surface area contributed by atoms with E-state index in [1.807, 2.05) is 13.8 Å². The molecule has 0 spiro atoms. The van der Waals surface area contributed by atoms with Gasteiger partial charge in [-0.15, -0.1) is 0 Å². The first-order chi connectivity index (χ1) is 9.55. The monoisotopic (exact) mass is 299 g/mol. The normalized spacial score (nSPS) is 21.4. The van der Waals surface area contributed by atoms with Crippen LogP contribution in [0.4, 0.5) is 5.82 Å². The zero-order valence-corrected chi connectivity index (χ0v) is 12.7. The molecule has 0 saturated carbocycles. The van der Waals surface area contributed by atoms with Gasteiger partial charge in [0.25, 0.3) is 0 Å². The number of ether oxygens (including phenoxy) is 1. The minimum Gasteiger partial charge on any atom is -0.377 e. The van der Waals surface area contributed by atoms with Gasteiger partial charge in [0.2, 0.25) is 10.0 Å². The molecule has 1 aromatic rings. The van der Waals surface area contributed by atoms with Crippen LogP contribution in [0.2, 0.25) is 0 Å². The highest BCUT2D eigenvalue weighted by atomic mass is 32.2.